The monoisotopic (exact) mass is 248 g/mol. The molecule has 2 rings (SSSR count). The number of fused-ring (bicyclic) bond motifs is 1. The number of benzene rings is 1. The van der Waals surface area contributed by atoms with Gasteiger partial charge >= 0.3 is 0 Å². The Morgan fingerprint density at radius 3 is 3.00 bits per heavy atom. The topological polar surface area (TPSA) is 74.3 Å². The number of aliphatic hydroxyl groups excluding tert-OH is 1. The molecule has 18 heavy (non-hydrogen) atoms. The number of nitrogens with one attached hydrogen (secondary N) is 2. The van der Waals surface area contributed by atoms with Gasteiger partial charge in [0.05, 0.1) is 24.8 Å². The fourth-order valence-electron chi connectivity index (χ4n) is 1.86. The Hall–Kier alpha value is -1.85. The molecule has 2 aromatic rings. The van der Waals surface area contributed by atoms with Crippen molar-refractivity contribution in [3.8, 4) is 0 Å². The lowest BCUT2D eigenvalue weighted by Crippen LogP contribution is -2.40. The molecule has 0 saturated heterocycles. The molecule has 1 aromatic heterocycles. The van der Waals surface area contributed by atoms with E-state index in [0.29, 0.717) is 5.56 Å². The number of para-hydroxylation sites is 1. The predicted molar refractivity (Wildman–Crippen MR) is 68.5 cm³/mol. The number of carbonyl (C=O) groups is 1. The number of amides is 1. The summed E-state index contributed by atoms with van der Waals surface area (Å²) >= 11 is 0. The number of hydrogen-bond donors (Lipinski definition) is 3. The van der Waals surface area contributed by atoms with Crippen LogP contribution in [-0.4, -0.2) is 42.4 Å². The summed E-state index contributed by atoms with van der Waals surface area (Å²) < 4.78 is 4.92. The van der Waals surface area contributed by atoms with Crippen molar-refractivity contribution in [2.45, 2.75) is 6.04 Å². The van der Waals surface area contributed by atoms with E-state index in [9.17, 15) is 4.79 Å². The summed E-state index contributed by atoms with van der Waals surface area (Å²) in [6, 6.07) is 7.18. The molecule has 1 atom stereocenters. The summed E-state index contributed by atoms with van der Waals surface area (Å²) in [4.78, 5) is 15.1. The lowest BCUT2D eigenvalue weighted by molar-refractivity contribution is 0.0841. The van der Waals surface area contributed by atoms with Crippen LogP contribution in [0.15, 0.2) is 30.5 Å². The van der Waals surface area contributed by atoms with Crippen LogP contribution in [0.25, 0.3) is 10.9 Å². The zero-order valence-corrected chi connectivity index (χ0v) is 10.1. The number of aromatic amines is 1. The van der Waals surface area contributed by atoms with Crippen LogP contribution in [0.1, 0.15) is 10.4 Å². The smallest absolute Gasteiger partial charge is 0.253 e. The molecule has 0 aliphatic carbocycles. The summed E-state index contributed by atoms with van der Waals surface area (Å²) in [5.41, 5.74) is 1.48. The molecule has 0 fully saturated rings. The van der Waals surface area contributed by atoms with Crippen molar-refractivity contribution in [3.05, 3.63) is 36.0 Å². The number of H-pyrrole nitrogens is 1. The molecule has 0 aliphatic heterocycles. The van der Waals surface area contributed by atoms with Crippen molar-refractivity contribution < 1.29 is 14.6 Å². The first-order valence-electron chi connectivity index (χ1n) is 5.73. The number of ether oxygens (including phenoxy) is 1. The fourth-order valence-corrected chi connectivity index (χ4v) is 1.86. The zero-order chi connectivity index (χ0) is 13.0. The molecule has 3 N–H and O–H groups in total. The third-order valence-corrected chi connectivity index (χ3v) is 2.76. The molecule has 0 radical (unpaired) electrons. The van der Waals surface area contributed by atoms with Gasteiger partial charge in [-0.3, -0.25) is 4.79 Å². The van der Waals surface area contributed by atoms with Crippen LogP contribution in [0, 0.1) is 0 Å². The van der Waals surface area contributed by atoms with E-state index in [2.05, 4.69) is 10.3 Å². The first-order valence-corrected chi connectivity index (χ1v) is 5.73. The van der Waals surface area contributed by atoms with Crippen molar-refractivity contribution in [1.29, 1.82) is 0 Å². The highest BCUT2D eigenvalue weighted by atomic mass is 16.5. The van der Waals surface area contributed by atoms with Crippen molar-refractivity contribution in [2.75, 3.05) is 20.3 Å². The zero-order valence-electron chi connectivity index (χ0n) is 10.1. The maximum Gasteiger partial charge on any atom is 0.253 e. The fraction of sp³-hybridized carbons (Fsp3) is 0.308. The average Bonchev–Trinajstić information content (AvgIpc) is 2.82. The van der Waals surface area contributed by atoms with Gasteiger partial charge in [-0.25, -0.2) is 0 Å². The quantitative estimate of drug-likeness (QED) is 0.736. The number of aliphatic hydroxyl groups is 1. The van der Waals surface area contributed by atoms with Crippen LogP contribution >= 0.6 is 0 Å². The van der Waals surface area contributed by atoms with Crippen LogP contribution in [0.4, 0.5) is 0 Å². The van der Waals surface area contributed by atoms with Crippen LogP contribution < -0.4 is 5.32 Å². The van der Waals surface area contributed by atoms with Gasteiger partial charge in [0.25, 0.3) is 5.91 Å². The Labute approximate surface area is 105 Å². The number of rotatable bonds is 5. The van der Waals surface area contributed by atoms with Crippen LogP contribution in [0.2, 0.25) is 0 Å². The van der Waals surface area contributed by atoms with E-state index in [4.69, 9.17) is 9.84 Å². The minimum absolute atomic E-state index is 0.151. The first-order chi connectivity index (χ1) is 8.76. The summed E-state index contributed by atoms with van der Waals surface area (Å²) in [6.45, 7) is 0.131. The molecule has 1 aromatic carbocycles. The standard InChI is InChI=1S/C13H16N2O3/c1-18-8-9(7-16)15-13(17)11-6-14-12-5-3-2-4-10(11)12/h2-6,9,14,16H,7-8H2,1H3,(H,15,17). The molecule has 1 unspecified atom stereocenters. The molecule has 5 nitrogen and oxygen atoms in total. The van der Waals surface area contributed by atoms with Crippen LogP contribution in [0.3, 0.4) is 0 Å². The second kappa shape index (κ2) is 5.66. The van der Waals surface area contributed by atoms with E-state index >= 15 is 0 Å². The summed E-state index contributed by atoms with van der Waals surface area (Å²) in [7, 11) is 1.53. The lowest BCUT2D eigenvalue weighted by Gasteiger charge is -2.14. The molecule has 1 amide bonds. The average molecular weight is 248 g/mol. The molecule has 0 saturated carbocycles. The predicted octanol–water partition coefficient (Wildman–Crippen LogP) is 0.905. The Bertz CT molecular complexity index is 536. The van der Waals surface area contributed by atoms with E-state index in [1.165, 1.54) is 7.11 Å². The van der Waals surface area contributed by atoms with Gasteiger partial charge in [-0.2, -0.15) is 0 Å². The molecule has 5 heteroatoms. The normalized spacial score (nSPS) is 12.6. The second-order valence-corrected chi connectivity index (χ2v) is 4.06. The Balaban J connectivity index is 2.18. The highest BCUT2D eigenvalue weighted by Gasteiger charge is 2.15. The van der Waals surface area contributed by atoms with Crippen molar-refractivity contribution in [2.24, 2.45) is 0 Å². The van der Waals surface area contributed by atoms with Gasteiger partial charge in [-0.1, -0.05) is 18.2 Å². The van der Waals surface area contributed by atoms with E-state index in [1.807, 2.05) is 24.3 Å². The Kier molecular flexibility index (Phi) is 3.96. The number of methoxy groups -OCH3 is 1. The largest absolute Gasteiger partial charge is 0.394 e. The van der Waals surface area contributed by atoms with Gasteiger partial charge in [0.2, 0.25) is 0 Å². The van der Waals surface area contributed by atoms with Crippen LogP contribution in [0.5, 0.6) is 0 Å². The number of carbonyl (C=O) groups excluding carboxylic acids is 1. The molecular formula is C13H16N2O3. The molecular weight excluding hydrogens is 232 g/mol. The van der Waals surface area contributed by atoms with Crippen molar-refractivity contribution in [1.82, 2.24) is 10.3 Å². The number of hydrogen-bond acceptors (Lipinski definition) is 3. The van der Waals surface area contributed by atoms with E-state index < -0.39 is 6.04 Å². The highest BCUT2D eigenvalue weighted by Crippen LogP contribution is 2.17. The number of aromatic nitrogens is 1. The second-order valence-electron chi connectivity index (χ2n) is 4.06. The maximum absolute atomic E-state index is 12.1. The maximum atomic E-state index is 12.1. The molecule has 0 aliphatic rings. The van der Waals surface area contributed by atoms with Gasteiger partial charge in [-0.05, 0) is 6.07 Å². The third-order valence-electron chi connectivity index (χ3n) is 2.76. The van der Waals surface area contributed by atoms with E-state index in [-0.39, 0.29) is 19.1 Å². The molecule has 96 valence electrons. The Morgan fingerprint density at radius 2 is 2.28 bits per heavy atom. The van der Waals surface area contributed by atoms with Gasteiger partial charge < -0.3 is 20.1 Å². The van der Waals surface area contributed by atoms with Gasteiger partial charge in [-0.15, -0.1) is 0 Å². The van der Waals surface area contributed by atoms with Crippen molar-refractivity contribution in [3.63, 3.8) is 0 Å². The molecule has 1 heterocycles. The van der Waals surface area contributed by atoms with Crippen molar-refractivity contribution >= 4 is 16.8 Å². The SMILES string of the molecule is COCC(CO)NC(=O)c1c[nH]c2ccccc12. The van der Waals surface area contributed by atoms with E-state index in [0.717, 1.165) is 10.9 Å². The minimum atomic E-state index is -0.392. The van der Waals surface area contributed by atoms with Crippen LogP contribution in [-0.2, 0) is 4.74 Å². The molecule has 0 bridgehead atoms. The molecule has 0 spiro atoms. The Morgan fingerprint density at radius 1 is 1.50 bits per heavy atom. The van der Waals surface area contributed by atoms with Gasteiger partial charge in [0.1, 0.15) is 0 Å². The highest BCUT2D eigenvalue weighted by molar-refractivity contribution is 6.06. The summed E-state index contributed by atoms with van der Waals surface area (Å²) in [6.07, 6.45) is 1.67. The first kappa shape index (κ1) is 12.6. The van der Waals surface area contributed by atoms with Gasteiger partial charge in [0.15, 0.2) is 0 Å². The summed E-state index contributed by atoms with van der Waals surface area (Å²) in [5, 5.41) is 12.7. The third kappa shape index (κ3) is 2.52. The lowest BCUT2D eigenvalue weighted by atomic mass is 10.1. The van der Waals surface area contributed by atoms with E-state index in [1.54, 1.807) is 6.20 Å². The summed E-state index contributed by atoms with van der Waals surface area (Å²) in [5.74, 6) is -0.219. The van der Waals surface area contributed by atoms with Gasteiger partial charge in [0, 0.05) is 24.2 Å². The minimum Gasteiger partial charge on any atom is -0.394 e.